The van der Waals surface area contributed by atoms with Gasteiger partial charge in [0.15, 0.2) is 0 Å². The largest absolute Gasteiger partial charge is 0.487 e. The maximum Gasteiger partial charge on any atom is 0.125 e. The van der Waals surface area contributed by atoms with Crippen molar-refractivity contribution in [2.45, 2.75) is 32.0 Å². The van der Waals surface area contributed by atoms with Crippen LogP contribution in [0.5, 0.6) is 5.75 Å². The Morgan fingerprint density at radius 2 is 2.36 bits per heavy atom. The van der Waals surface area contributed by atoms with Gasteiger partial charge in [-0.15, -0.1) is 0 Å². The molecule has 0 saturated heterocycles. The molecule has 0 unspecified atom stereocenters. The molecule has 0 spiro atoms. The summed E-state index contributed by atoms with van der Waals surface area (Å²) in [6, 6.07) is 4.50. The average Bonchev–Trinajstić information content (AvgIpc) is 2.16. The van der Waals surface area contributed by atoms with Crippen molar-refractivity contribution in [3.8, 4) is 5.75 Å². The number of fused-ring (bicyclic) bond motifs is 1. The Morgan fingerprint density at radius 1 is 1.57 bits per heavy atom. The van der Waals surface area contributed by atoms with Gasteiger partial charge in [0.1, 0.15) is 17.7 Å². The van der Waals surface area contributed by atoms with Crippen LogP contribution in [0, 0.1) is 5.82 Å². The van der Waals surface area contributed by atoms with Gasteiger partial charge in [-0.3, -0.25) is 0 Å². The predicted molar refractivity (Wildman–Crippen MR) is 50.8 cm³/mol. The number of ether oxygens (including phenoxy) is 1. The van der Waals surface area contributed by atoms with Crippen LogP contribution in [0.4, 0.5) is 4.39 Å². The Morgan fingerprint density at radius 3 is 3.07 bits per heavy atom. The summed E-state index contributed by atoms with van der Waals surface area (Å²) in [5, 5.41) is 9.36. The van der Waals surface area contributed by atoms with E-state index in [1.165, 1.54) is 12.1 Å². The molecule has 2 atom stereocenters. The fourth-order valence-corrected chi connectivity index (χ4v) is 1.72. The summed E-state index contributed by atoms with van der Waals surface area (Å²) in [7, 11) is 0. The minimum Gasteiger partial charge on any atom is -0.487 e. The van der Waals surface area contributed by atoms with Crippen LogP contribution < -0.4 is 4.74 Å². The van der Waals surface area contributed by atoms with Crippen LogP contribution in [0.25, 0.3) is 0 Å². The molecular formula is C11H13FO2. The number of aliphatic hydroxyl groups excluding tert-OH is 1. The Hall–Kier alpha value is -1.09. The molecule has 14 heavy (non-hydrogen) atoms. The standard InChI is InChI=1S/C11H13FO2/c1-7(13)10-4-2-8-6-9(12)3-5-11(8)14-10/h3,5-7,10,13H,2,4H2,1H3/t7-,10-/m1/s1. The molecule has 2 nitrogen and oxygen atoms in total. The summed E-state index contributed by atoms with van der Waals surface area (Å²) >= 11 is 0. The van der Waals surface area contributed by atoms with Gasteiger partial charge in [0, 0.05) is 0 Å². The first-order chi connectivity index (χ1) is 6.66. The van der Waals surface area contributed by atoms with Crippen molar-refractivity contribution in [2.75, 3.05) is 0 Å². The highest BCUT2D eigenvalue weighted by Crippen LogP contribution is 2.29. The number of benzene rings is 1. The summed E-state index contributed by atoms with van der Waals surface area (Å²) in [5.41, 5.74) is 0.891. The van der Waals surface area contributed by atoms with Crippen LogP contribution in [-0.2, 0) is 6.42 Å². The Labute approximate surface area is 82.3 Å². The lowest BCUT2D eigenvalue weighted by molar-refractivity contribution is 0.0356. The van der Waals surface area contributed by atoms with Crippen LogP contribution in [0.3, 0.4) is 0 Å². The van der Waals surface area contributed by atoms with E-state index >= 15 is 0 Å². The SMILES string of the molecule is C[C@@H](O)[C@H]1CCc2cc(F)ccc2O1. The van der Waals surface area contributed by atoms with E-state index in [9.17, 15) is 9.50 Å². The zero-order valence-corrected chi connectivity index (χ0v) is 8.03. The van der Waals surface area contributed by atoms with E-state index < -0.39 is 6.10 Å². The Kier molecular flexibility index (Phi) is 2.42. The van der Waals surface area contributed by atoms with Gasteiger partial charge in [-0.05, 0) is 43.5 Å². The first-order valence-electron chi connectivity index (χ1n) is 4.80. The average molecular weight is 196 g/mol. The molecule has 76 valence electrons. The van der Waals surface area contributed by atoms with Crippen molar-refractivity contribution in [3.63, 3.8) is 0 Å². The molecule has 0 fully saturated rings. The predicted octanol–water partition coefficient (Wildman–Crippen LogP) is 1.90. The quantitative estimate of drug-likeness (QED) is 0.743. The highest BCUT2D eigenvalue weighted by Gasteiger charge is 2.23. The van der Waals surface area contributed by atoms with E-state index in [4.69, 9.17) is 4.74 Å². The summed E-state index contributed by atoms with van der Waals surface area (Å²) in [6.45, 7) is 1.71. The van der Waals surface area contributed by atoms with Gasteiger partial charge in [-0.1, -0.05) is 0 Å². The van der Waals surface area contributed by atoms with Crippen molar-refractivity contribution < 1.29 is 14.2 Å². The second kappa shape index (κ2) is 3.58. The van der Waals surface area contributed by atoms with E-state index in [0.29, 0.717) is 5.75 Å². The molecule has 1 aromatic rings. The number of rotatable bonds is 1. The second-order valence-electron chi connectivity index (χ2n) is 3.69. The summed E-state index contributed by atoms with van der Waals surface area (Å²) < 4.78 is 18.4. The topological polar surface area (TPSA) is 29.5 Å². The molecule has 0 amide bonds. The Bertz CT molecular complexity index is 336. The van der Waals surface area contributed by atoms with Gasteiger partial charge in [-0.2, -0.15) is 0 Å². The first-order valence-corrected chi connectivity index (χ1v) is 4.80. The fourth-order valence-electron chi connectivity index (χ4n) is 1.72. The summed E-state index contributed by atoms with van der Waals surface area (Å²) in [4.78, 5) is 0. The molecule has 0 aliphatic carbocycles. The van der Waals surface area contributed by atoms with Gasteiger partial charge in [0.25, 0.3) is 0 Å². The van der Waals surface area contributed by atoms with Crippen molar-refractivity contribution in [1.82, 2.24) is 0 Å². The van der Waals surface area contributed by atoms with E-state index in [0.717, 1.165) is 18.4 Å². The zero-order valence-electron chi connectivity index (χ0n) is 8.03. The minimum absolute atomic E-state index is 0.159. The van der Waals surface area contributed by atoms with E-state index in [2.05, 4.69) is 0 Å². The number of aryl methyl sites for hydroxylation is 1. The van der Waals surface area contributed by atoms with Crippen molar-refractivity contribution >= 4 is 0 Å². The van der Waals surface area contributed by atoms with Crippen LogP contribution in [0.15, 0.2) is 18.2 Å². The lowest BCUT2D eigenvalue weighted by atomic mass is 10.00. The molecule has 1 aliphatic heterocycles. The molecule has 1 N–H and O–H groups in total. The third kappa shape index (κ3) is 1.73. The van der Waals surface area contributed by atoms with Gasteiger partial charge < -0.3 is 9.84 Å². The molecule has 0 bridgehead atoms. The molecule has 0 radical (unpaired) electrons. The van der Waals surface area contributed by atoms with Gasteiger partial charge >= 0.3 is 0 Å². The summed E-state index contributed by atoms with van der Waals surface area (Å²) in [5.74, 6) is 0.464. The molecule has 0 aromatic heterocycles. The molecule has 2 rings (SSSR count). The lowest BCUT2D eigenvalue weighted by Crippen LogP contribution is -2.32. The highest BCUT2D eigenvalue weighted by molar-refractivity contribution is 5.35. The molecule has 1 aromatic carbocycles. The monoisotopic (exact) mass is 196 g/mol. The number of aliphatic hydroxyl groups is 1. The third-order valence-electron chi connectivity index (χ3n) is 2.54. The Balaban J connectivity index is 2.23. The minimum atomic E-state index is -0.479. The molecule has 1 heterocycles. The normalized spacial score (nSPS) is 22.4. The van der Waals surface area contributed by atoms with Crippen LogP contribution in [0.1, 0.15) is 18.9 Å². The van der Waals surface area contributed by atoms with E-state index in [1.807, 2.05) is 0 Å². The van der Waals surface area contributed by atoms with Gasteiger partial charge in [0.2, 0.25) is 0 Å². The van der Waals surface area contributed by atoms with Crippen LogP contribution in [0.2, 0.25) is 0 Å². The maximum absolute atomic E-state index is 12.8. The highest BCUT2D eigenvalue weighted by atomic mass is 19.1. The van der Waals surface area contributed by atoms with Crippen molar-refractivity contribution in [2.24, 2.45) is 0 Å². The van der Waals surface area contributed by atoms with Crippen molar-refractivity contribution in [3.05, 3.63) is 29.6 Å². The molecule has 1 aliphatic rings. The van der Waals surface area contributed by atoms with Crippen LogP contribution >= 0.6 is 0 Å². The number of hydrogen-bond acceptors (Lipinski definition) is 2. The molecular weight excluding hydrogens is 183 g/mol. The number of hydrogen-bond donors (Lipinski definition) is 1. The van der Waals surface area contributed by atoms with E-state index in [1.54, 1.807) is 13.0 Å². The van der Waals surface area contributed by atoms with Crippen molar-refractivity contribution in [1.29, 1.82) is 0 Å². The smallest absolute Gasteiger partial charge is 0.125 e. The van der Waals surface area contributed by atoms with E-state index in [-0.39, 0.29) is 11.9 Å². The fraction of sp³-hybridized carbons (Fsp3) is 0.455. The first kappa shape index (κ1) is 9.46. The maximum atomic E-state index is 12.8. The summed E-state index contributed by atoms with van der Waals surface area (Å²) in [6.07, 6.45) is 0.873. The van der Waals surface area contributed by atoms with Gasteiger partial charge in [-0.25, -0.2) is 4.39 Å². The zero-order chi connectivity index (χ0) is 10.1. The van der Waals surface area contributed by atoms with Gasteiger partial charge in [0.05, 0.1) is 6.10 Å². The molecule has 3 heteroatoms. The molecule has 0 saturated carbocycles. The lowest BCUT2D eigenvalue weighted by Gasteiger charge is -2.27. The third-order valence-corrected chi connectivity index (χ3v) is 2.54. The number of halogens is 1. The second-order valence-corrected chi connectivity index (χ2v) is 3.69. The van der Waals surface area contributed by atoms with Crippen LogP contribution in [-0.4, -0.2) is 17.3 Å².